The molecule has 5 heteroatoms. The maximum Gasteiger partial charge on any atom is 0.131 e. The Kier molecular flexibility index (Phi) is 4.27. The summed E-state index contributed by atoms with van der Waals surface area (Å²) in [7, 11) is 0. The molecule has 0 atom stereocenters. The molecular weight excluding hydrogens is 350 g/mol. The summed E-state index contributed by atoms with van der Waals surface area (Å²) in [5.74, 6) is 2.44. The summed E-state index contributed by atoms with van der Waals surface area (Å²) in [5.41, 5.74) is 8.18. The van der Waals surface area contributed by atoms with E-state index in [9.17, 15) is 0 Å². The van der Waals surface area contributed by atoms with E-state index in [0.717, 1.165) is 33.9 Å². The molecule has 2 aromatic rings. The fourth-order valence-electron chi connectivity index (χ4n) is 3.17. The second kappa shape index (κ2) is 6.01. The summed E-state index contributed by atoms with van der Waals surface area (Å²) >= 11 is 9.62. The zero-order valence-electron chi connectivity index (χ0n) is 12.1. The summed E-state index contributed by atoms with van der Waals surface area (Å²) < 4.78 is 3.04. The Morgan fingerprint density at radius 2 is 2.10 bits per heavy atom. The van der Waals surface area contributed by atoms with Crippen LogP contribution in [0.15, 0.2) is 22.7 Å². The van der Waals surface area contributed by atoms with Gasteiger partial charge in [-0.25, -0.2) is 4.98 Å². The van der Waals surface area contributed by atoms with Crippen LogP contribution in [0, 0.1) is 0 Å². The molecular formula is C16H19BrClN3. The van der Waals surface area contributed by atoms with Crippen LogP contribution >= 0.6 is 27.5 Å². The Morgan fingerprint density at radius 1 is 1.38 bits per heavy atom. The molecule has 0 bridgehead atoms. The highest BCUT2D eigenvalue weighted by molar-refractivity contribution is 9.10. The van der Waals surface area contributed by atoms with E-state index >= 15 is 0 Å². The average molecular weight is 369 g/mol. The van der Waals surface area contributed by atoms with E-state index in [1.807, 2.05) is 18.2 Å². The normalized spacial score (nSPS) is 15.8. The summed E-state index contributed by atoms with van der Waals surface area (Å²) in [5, 5.41) is 0.681. The van der Waals surface area contributed by atoms with E-state index in [0.29, 0.717) is 10.9 Å². The summed E-state index contributed by atoms with van der Waals surface area (Å²) in [4.78, 5) is 4.87. The highest BCUT2D eigenvalue weighted by atomic mass is 79.9. The molecule has 21 heavy (non-hydrogen) atoms. The Balaban J connectivity index is 2.08. The van der Waals surface area contributed by atoms with Crippen molar-refractivity contribution in [1.29, 1.82) is 0 Å². The number of rotatable bonds is 3. The maximum absolute atomic E-state index is 6.35. The van der Waals surface area contributed by atoms with E-state index < -0.39 is 0 Å². The van der Waals surface area contributed by atoms with Crippen LogP contribution in [0.1, 0.15) is 44.3 Å². The number of nitrogens with two attached hydrogens (primary N) is 1. The predicted octanol–water partition coefficient (Wildman–Crippen LogP) is 5.23. The first-order valence-corrected chi connectivity index (χ1v) is 8.60. The summed E-state index contributed by atoms with van der Waals surface area (Å²) in [6.45, 7) is 2.98. The average Bonchev–Trinajstić information content (AvgIpc) is 3.09. The number of benzene rings is 1. The third-order valence-electron chi connectivity index (χ3n) is 4.27. The van der Waals surface area contributed by atoms with Gasteiger partial charge in [-0.3, -0.25) is 0 Å². The van der Waals surface area contributed by atoms with Gasteiger partial charge in [0.1, 0.15) is 17.3 Å². The van der Waals surface area contributed by atoms with Crippen LogP contribution < -0.4 is 5.73 Å². The SMILES string of the molecule is CCn1c(C2CCCC2)nc(-c2ccc(Br)c(Cl)c2)c1N. The molecule has 1 heterocycles. The van der Waals surface area contributed by atoms with Gasteiger partial charge in [0, 0.05) is 22.5 Å². The minimum Gasteiger partial charge on any atom is -0.383 e. The third kappa shape index (κ3) is 2.71. The van der Waals surface area contributed by atoms with Crippen molar-refractivity contribution in [3.05, 3.63) is 33.5 Å². The van der Waals surface area contributed by atoms with Gasteiger partial charge in [0.05, 0.1) is 5.02 Å². The van der Waals surface area contributed by atoms with Crippen molar-refractivity contribution in [2.75, 3.05) is 5.73 Å². The van der Waals surface area contributed by atoms with Crippen LogP contribution in [-0.4, -0.2) is 9.55 Å². The van der Waals surface area contributed by atoms with Crippen LogP contribution in [0.3, 0.4) is 0 Å². The van der Waals surface area contributed by atoms with E-state index in [1.54, 1.807) is 0 Å². The number of hydrogen-bond acceptors (Lipinski definition) is 2. The molecule has 1 saturated carbocycles. The van der Waals surface area contributed by atoms with Crippen molar-refractivity contribution in [2.24, 2.45) is 0 Å². The Labute approximate surface area is 138 Å². The lowest BCUT2D eigenvalue weighted by Crippen LogP contribution is -2.08. The third-order valence-corrected chi connectivity index (χ3v) is 5.50. The fraction of sp³-hybridized carbons (Fsp3) is 0.438. The lowest BCUT2D eigenvalue weighted by molar-refractivity contribution is 0.604. The van der Waals surface area contributed by atoms with E-state index in [1.165, 1.54) is 25.7 Å². The topological polar surface area (TPSA) is 43.8 Å². The quantitative estimate of drug-likeness (QED) is 0.806. The lowest BCUT2D eigenvalue weighted by atomic mass is 10.1. The molecule has 1 aliphatic rings. The highest BCUT2D eigenvalue weighted by Gasteiger charge is 2.25. The van der Waals surface area contributed by atoms with Crippen LogP contribution in [-0.2, 0) is 6.54 Å². The second-order valence-corrected chi connectivity index (χ2v) is 6.82. The van der Waals surface area contributed by atoms with Crippen LogP contribution in [0.4, 0.5) is 5.82 Å². The van der Waals surface area contributed by atoms with Crippen molar-refractivity contribution < 1.29 is 0 Å². The molecule has 1 aromatic carbocycles. The molecule has 112 valence electrons. The van der Waals surface area contributed by atoms with Gasteiger partial charge in [-0.2, -0.15) is 0 Å². The molecule has 1 fully saturated rings. The molecule has 2 N–H and O–H groups in total. The van der Waals surface area contributed by atoms with E-state index in [2.05, 4.69) is 27.4 Å². The number of halogens is 2. The van der Waals surface area contributed by atoms with Crippen LogP contribution in [0.2, 0.25) is 5.02 Å². The smallest absolute Gasteiger partial charge is 0.131 e. The van der Waals surface area contributed by atoms with Gasteiger partial charge >= 0.3 is 0 Å². The zero-order valence-corrected chi connectivity index (χ0v) is 14.4. The van der Waals surface area contributed by atoms with Gasteiger partial charge < -0.3 is 10.3 Å². The first-order valence-electron chi connectivity index (χ1n) is 7.43. The number of imidazole rings is 1. The number of nitrogen functional groups attached to an aromatic ring is 1. The van der Waals surface area contributed by atoms with Crippen LogP contribution in [0.5, 0.6) is 0 Å². The van der Waals surface area contributed by atoms with Gasteiger partial charge in [0.15, 0.2) is 0 Å². The van der Waals surface area contributed by atoms with Crippen molar-refractivity contribution in [2.45, 2.75) is 45.1 Å². The Morgan fingerprint density at radius 3 is 2.71 bits per heavy atom. The highest BCUT2D eigenvalue weighted by Crippen LogP contribution is 2.38. The monoisotopic (exact) mass is 367 g/mol. The van der Waals surface area contributed by atoms with Gasteiger partial charge in [-0.1, -0.05) is 30.5 Å². The molecule has 1 aromatic heterocycles. The van der Waals surface area contributed by atoms with Gasteiger partial charge in [-0.15, -0.1) is 0 Å². The minimum absolute atomic E-state index is 0.548. The number of aromatic nitrogens is 2. The fourth-order valence-corrected chi connectivity index (χ4v) is 3.59. The zero-order chi connectivity index (χ0) is 15.0. The first-order chi connectivity index (χ1) is 10.1. The minimum atomic E-state index is 0.548. The van der Waals surface area contributed by atoms with Crippen molar-refractivity contribution in [1.82, 2.24) is 9.55 Å². The molecule has 0 spiro atoms. The van der Waals surface area contributed by atoms with Crippen LogP contribution in [0.25, 0.3) is 11.3 Å². The molecule has 0 amide bonds. The largest absolute Gasteiger partial charge is 0.383 e. The molecule has 3 rings (SSSR count). The van der Waals surface area contributed by atoms with Crippen molar-refractivity contribution >= 4 is 33.3 Å². The molecule has 1 aliphatic carbocycles. The Bertz CT molecular complexity index is 660. The Hall–Kier alpha value is -1.00. The first kappa shape index (κ1) is 14.9. The summed E-state index contributed by atoms with van der Waals surface area (Å²) in [6.07, 6.45) is 5.02. The number of anilines is 1. The van der Waals surface area contributed by atoms with E-state index in [-0.39, 0.29) is 0 Å². The van der Waals surface area contributed by atoms with Crippen molar-refractivity contribution in [3.63, 3.8) is 0 Å². The van der Waals surface area contributed by atoms with Gasteiger partial charge in [0.2, 0.25) is 0 Å². The van der Waals surface area contributed by atoms with Crippen molar-refractivity contribution in [3.8, 4) is 11.3 Å². The maximum atomic E-state index is 6.35. The van der Waals surface area contributed by atoms with E-state index in [4.69, 9.17) is 22.3 Å². The molecule has 0 unspecified atom stereocenters. The molecule has 0 aliphatic heterocycles. The molecule has 0 radical (unpaired) electrons. The standard InChI is InChI=1S/C16H19BrClN3/c1-2-21-15(19)14(11-7-8-12(17)13(18)9-11)20-16(21)10-5-3-4-6-10/h7-10H,2-6,19H2,1H3. The number of hydrogen-bond donors (Lipinski definition) is 1. The molecule has 3 nitrogen and oxygen atoms in total. The summed E-state index contributed by atoms with van der Waals surface area (Å²) in [6, 6.07) is 5.87. The van der Waals surface area contributed by atoms with Gasteiger partial charge in [0.25, 0.3) is 0 Å². The van der Waals surface area contributed by atoms with Gasteiger partial charge in [-0.05, 0) is 47.8 Å². The predicted molar refractivity (Wildman–Crippen MR) is 91.7 cm³/mol. The second-order valence-electron chi connectivity index (χ2n) is 5.56. The molecule has 0 saturated heterocycles. The lowest BCUT2D eigenvalue weighted by Gasteiger charge is -2.11. The number of nitrogens with zero attached hydrogens (tertiary/aromatic N) is 2.